The van der Waals surface area contributed by atoms with E-state index in [9.17, 15) is 8.42 Å². The zero-order chi connectivity index (χ0) is 17.9. The van der Waals surface area contributed by atoms with E-state index in [0.717, 1.165) is 6.42 Å². The highest BCUT2D eigenvalue weighted by Gasteiger charge is 2.23. The van der Waals surface area contributed by atoms with Crippen LogP contribution in [0.15, 0.2) is 23.1 Å². The summed E-state index contributed by atoms with van der Waals surface area (Å²) >= 11 is 5.41. The average molecular weight is 370 g/mol. The Kier molecular flexibility index (Phi) is 6.22. The predicted molar refractivity (Wildman–Crippen MR) is 103 cm³/mol. The summed E-state index contributed by atoms with van der Waals surface area (Å²) in [5, 5.41) is 7.05. The molecule has 1 aliphatic carbocycles. The summed E-state index contributed by atoms with van der Waals surface area (Å²) in [6.07, 6.45) is 4.84. The van der Waals surface area contributed by atoms with Gasteiger partial charge < -0.3 is 10.6 Å². The summed E-state index contributed by atoms with van der Waals surface area (Å²) in [6, 6.07) is 5.67. The maximum atomic E-state index is 12.4. The van der Waals surface area contributed by atoms with Gasteiger partial charge in [0.05, 0.1) is 4.90 Å². The van der Waals surface area contributed by atoms with Crippen LogP contribution in [0, 0.1) is 12.8 Å². The minimum Gasteiger partial charge on any atom is -0.359 e. The van der Waals surface area contributed by atoms with E-state index >= 15 is 0 Å². The molecule has 0 aromatic heterocycles. The predicted octanol–water partition coefficient (Wildman–Crippen LogP) is 3.11. The van der Waals surface area contributed by atoms with Crippen LogP contribution in [0.5, 0.6) is 0 Å². The molecule has 1 aromatic carbocycles. The summed E-state index contributed by atoms with van der Waals surface area (Å²) in [5.41, 5.74) is 1.40. The molecule has 0 unspecified atom stereocenters. The largest absolute Gasteiger partial charge is 0.359 e. The Bertz CT molecular complexity index is 702. The first-order valence-electron chi connectivity index (χ1n) is 8.32. The minimum absolute atomic E-state index is 0.298. The molecular formula is C17H27N3O2S2. The number of anilines is 1. The molecule has 1 fully saturated rings. The molecule has 134 valence electrons. The van der Waals surface area contributed by atoms with E-state index in [-0.39, 0.29) is 0 Å². The molecule has 1 aromatic rings. The number of sulfonamides is 1. The molecule has 0 spiro atoms. The third kappa shape index (κ3) is 4.46. The number of benzene rings is 1. The van der Waals surface area contributed by atoms with Crippen LogP contribution in [0.3, 0.4) is 0 Å². The van der Waals surface area contributed by atoms with Crippen molar-refractivity contribution >= 4 is 33.0 Å². The second-order valence-electron chi connectivity index (χ2n) is 6.73. The summed E-state index contributed by atoms with van der Waals surface area (Å²) in [5.74, 6) is 0.598. The third-order valence-electron chi connectivity index (χ3n) is 4.63. The van der Waals surface area contributed by atoms with Crippen molar-refractivity contribution in [2.24, 2.45) is 5.92 Å². The Labute approximate surface area is 150 Å². The van der Waals surface area contributed by atoms with Crippen molar-refractivity contribution in [3.8, 4) is 0 Å². The minimum atomic E-state index is -3.47. The fourth-order valence-corrected chi connectivity index (χ4v) is 4.43. The van der Waals surface area contributed by atoms with E-state index in [1.165, 1.54) is 37.7 Å². The van der Waals surface area contributed by atoms with Gasteiger partial charge in [0.25, 0.3) is 0 Å². The molecule has 1 saturated carbocycles. The van der Waals surface area contributed by atoms with Crippen LogP contribution in [0.25, 0.3) is 0 Å². The Morgan fingerprint density at radius 3 is 2.54 bits per heavy atom. The van der Waals surface area contributed by atoms with Gasteiger partial charge in [-0.3, -0.25) is 0 Å². The molecule has 0 aliphatic heterocycles. The van der Waals surface area contributed by atoms with Gasteiger partial charge in [-0.25, -0.2) is 12.7 Å². The molecular weight excluding hydrogens is 342 g/mol. The lowest BCUT2D eigenvalue weighted by Gasteiger charge is -2.30. The van der Waals surface area contributed by atoms with Gasteiger partial charge in [0.1, 0.15) is 0 Å². The molecule has 0 saturated heterocycles. The molecule has 2 atom stereocenters. The lowest BCUT2D eigenvalue weighted by Crippen LogP contribution is -2.43. The van der Waals surface area contributed by atoms with Gasteiger partial charge in [-0.05, 0) is 55.6 Å². The smallest absolute Gasteiger partial charge is 0.242 e. The number of thiocarbonyl (C=S) groups is 1. The molecule has 24 heavy (non-hydrogen) atoms. The van der Waals surface area contributed by atoms with Crippen LogP contribution in [0.2, 0.25) is 0 Å². The van der Waals surface area contributed by atoms with E-state index in [4.69, 9.17) is 12.2 Å². The highest BCUT2D eigenvalue weighted by molar-refractivity contribution is 7.89. The molecule has 0 bridgehead atoms. The van der Waals surface area contributed by atoms with Crippen LogP contribution in [0.4, 0.5) is 5.69 Å². The SMILES string of the molecule is Cc1ccc(NC(=S)N[C@H]2CCCC[C@@H]2C)cc1S(=O)(=O)N(C)C. The van der Waals surface area contributed by atoms with Gasteiger partial charge in [-0.15, -0.1) is 0 Å². The number of aryl methyl sites for hydroxylation is 1. The number of nitrogens with zero attached hydrogens (tertiary/aromatic N) is 1. The number of rotatable bonds is 4. The zero-order valence-corrected chi connectivity index (χ0v) is 16.4. The Hall–Kier alpha value is -1.18. The van der Waals surface area contributed by atoms with E-state index in [1.54, 1.807) is 19.1 Å². The second-order valence-corrected chi connectivity index (χ2v) is 9.26. The van der Waals surface area contributed by atoms with Gasteiger partial charge in [0.15, 0.2) is 5.11 Å². The highest BCUT2D eigenvalue weighted by atomic mass is 32.2. The zero-order valence-electron chi connectivity index (χ0n) is 14.8. The molecule has 5 nitrogen and oxygen atoms in total. The quantitative estimate of drug-likeness (QED) is 0.799. The normalized spacial score (nSPS) is 21.5. The molecule has 2 rings (SSSR count). The maximum Gasteiger partial charge on any atom is 0.242 e. The molecule has 7 heteroatoms. The molecule has 0 heterocycles. The Balaban J connectivity index is 2.11. The molecule has 1 aliphatic rings. The van der Waals surface area contributed by atoms with Crippen molar-refractivity contribution in [3.05, 3.63) is 23.8 Å². The van der Waals surface area contributed by atoms with Gasteiger partial charge in [0.2, 0.25) is 10.0 Å². The van der Waals surface area contributed by atoms with Gasteiger partial charge in [0, 0.05) is 25.8 Å². The number of hydrogen-bond acceptors (Lipinski definition) is 3. The van der Waals surface area contributed by atoms with Gasteiger partial charge in [-0.2, -0.15) is 0 Å². The lowest BCUT2D eigenvalue weighted by molar-refractivity contribution is 0.309. The van der Waals surface area contributed by atoms with Crippen LogP contribution in [-0.2, 0) is 10.0 Å². The van der Waals surface area contributed by atoms with Crippen molar-refractivity contribution in [3.63, 3.8) is 0 Å². The van der Waals surface area contributed by atoms with E-state index < -0.39 is 10.0 Å². The van der Waals surface area contributed by atoms with Crippen molar-refractivity contribution in [2.45, 2.75) is 50.5 Å². The average Bonchev–Trinajstić information content (AvgIpc) is 2.51. The van der Waals surface area contributed by atoms with Crippen LogP contribution >= 0.6 is 12.2 Å². The van der Waals surface area contributed by atoms with Crippen LogP contribution < -0.4 is 10.6 Å². The summed E-state index contributed by atoms with van der Waals surface area (Å²) in [4.78, 5) is 0.298. The van der Waals surface area contributed by atoms with Crippen molar-refractivity contribution in [2.75, 3.05) is 19.4 Å². The fourth-order valence-electron chi connectivity index (χ4n) is 3.02. The summed E-state index contributed by atoms with van der Waals surface area (Å²) in [7, 11) is -0.406. The Morgan fingerprint density at radius 1 is 1.25 bits per heavy atom. The maximum absolute atomic E-state index is 12.4. The van der Waals surface area contributed by atoms with E-state index in [2.05, 4.69) is 17.6 Å². The van der Waals surface area contributed by atoms with Gasteiger partial charge in [-0.1, -0.05) is 25.8 Å². The second kappa shape index (κ2) is 7.80. The fraction of sp³-hybridized carbons (Fsp3) is 0.588. The number of hydrogen-bond donors (Lipinski definition) is 2. The van der Waals surface area contributed by atoms with Crippen molar-refractivity contribution in [1.82, 2.24) is 9.62 Å². The molecule has 2 N–H and O–H groups in total. The standard InChI is InChI=1S/C17H27N3O2S2/c1-12-7-5-6-8-15(12)19-17(23)18-14-10-9-13(2)16(11-14)24(21,22)20(3)4/h9-12,15H,5-8H2,1-4H3,(H2,18,19,23)/t12-,15-/m0/s1. The number of nitrogens with one attached hydrogen (secondary N) is 2. The monoisotopic (exact) mass is 369 g/mol. The first kappa shape index (κ1) is 19.1. The van der Waals surface area contributed by atoms with Gasteiger partial charge >= 0.3 is 0 Å². The van der Waals surface area contributed by atoms with Crippen LogP contribution in [-0.4, -0.2) is 38.0 Å². The Morgan fingerprint density at radius 2 is 1.92 bits per heavy atom. The van der Waals surface area contributed by atoms with Crippen molar-refractivity contribution in [1.29, 1.82) is 0 Å². The topological polar surface area (TPSA) is 61.4 Å². The van der Waals surface area contributed by atoms with E-state index in [1.807, 2.05) is 6.07 Å². The van der Waals surface area contributed by atoms with Crippen LogP contribution in [0.1, 0.15) is 38.2 Å². The first-order chi connectivity index (χ1) is 11.2. The summed E-state index contributed by atoms with van der Waals surface area (Å²) in [6.45, 7) is 4.04. The third-order valence-corrected chi connectivity index (χ3v) is 6.81. The van der Waals surface area contributed by atoms with Crippen molar-refractivity contribution < 1.29 is 8.42 Å². The highest BCUT2D eigenvalue weighted by Crippen LogP contribution is 2.25. The van der Waals surface area contributed by atoms with E-state index in [0.29, 0.717) is 33.2 Å². The lowest BCUT2D eigenvalue weighted by atomic mass is 9.86. The summed E-state index contributed by atoms with van der Waals surface area (Å²) < 4.78 is 26.0. The molecule has 0 amide bonds. The molecule has 0 radical (unpaired) electrons. The first-order valence-corrected chi connectivity index (χ1v) is 10.2.